The maximum absolute atomic E-state index is 12.5. The lowest BCUT2D eigenvalue weighted by Gasteiger charge is -2.16. The van der Waals surface area contributed by atoms with Gasteiger partial charge in [-0.05, 0) is 5.39 Å². The molecule has 0 radical (unpaired) electrons. The van der Waals surface area contributed by atoms with E-state index in [2.05, 4.69) is 4.98 Å². The molecule has 1 amide bonds. The smallest absolute Gasteiger partial charge is 0.256 e. The van der Waals surface area contributed by atoms with Crippen molar-refractivity contribution in [3.63, 3.8) is 0 Å². The van der Waals surface area contributed by atoms with Gasteiger partial charge in [0, 0.05) is 24.7 Å². The van der Waals surface area contributed by atoms with Crippen LogP contribution in [0, 0.1) is 0 Å². The van der Waals surface area contributed by atoms with Gasteiger partial charge in [0.15, 0.2) is 0 Å². The number of amides is 1. The fourth-order valence-corrected chi connectivity index (χ4v) is 2.65. The van der Waals surface area contributed by atoms with Crippen LogP contribution in [-0.4, -0.2) is 51.3 Å². The van der Waals surface area contributed by atoms with Crippen LogP contribution in [0.5, 0.6) is 0 Å². The Morgan fingerprint density at radius 1 is 1.20 bits per heavy atom. The fraction of sp³-hybridized carbons (Fsp3) is 0.286. The maximum Gasteiger partial charge on any atom is 0.256 e. The van der Waals surface area contributed by atoms with Crippen LogP contribution in [0.3, 0.4) is 0 Å². The molecule has 2 heterocycles. The van der Waals surface area contributed by atoms with Gasteiger partial charge in [-0.25, -0.2) is 4.98 Å². The molecule has 1 aromatic carbocycles. The van der Waals surface area contributed by atoms with Gasteiger partial charge < -0.3 is 15.1 Å². The molecule has 0 unspecified atom stereocenters. The first-order valence-corrected chi connectivity index (χ1v) is 6.64. The fourth-order valence-electron chi connectivity index (χ4n) is 2.43. The Balaban J connectivity index is 2.03. The summed E-state index contributed by atoms with van der Waals surface area (Å²) in [5.74, 6) is -0.263. The van der Waals surface area contributed by atoms with Crippen molar-refractivity contribution in [2.75, 3.05) is 13.1 Å². The Hall–Kier alpha value is -1.69. The van der Waals surface area contributed by atoms with Crippen molar-refractivity contribution in [3.8, 4) is 0 Å². The zero-order valence-electron chi connectivity index (χ0n) is 10.5. The number of rotatable bonds is 1. The summed E-state index contributed by atoms with van der Waals surface area (Å²) in [7, 11) is 0. The van der Waals surface area contributed by atoms with Gasteiger partial charge in [0.2, 0.25) is 0 Å². The van der Waals surface area contributed by atoms with Crippen molar-refractivity contribution in [3.05, 3.63) is 41.2 Å². The molecule has 2 aromatic rings. The normalized spacial score (nSPS) is 22.4. The molecule has 0 bridgehead atoms. The van der Waals surface area contributed by atoms with Crippen molar-refractivity contribution in [1.29, 1.82) is 0 Å². The van der Waals surface area contributed by atoms with E-state index in [0.29, 0.717) is 21.5 Å². The average molecular weight is 293 g/mol. The SMILES string of the molecule is O=C(c1cnc(Cl)c2ccccc12)N1C[C@@H](O)[C@@H](O)C1. The predicted molar refractivity (Wildman–Crippen MR) is 74.7 cm³/mol. The lowest BCUT2D eigenvalue weighted by Crippen LogP contribution is -2.30. The van der Waals surface area contributed by atoms with Crippen molar-refractivity contribution in [1.82, 2.24) is 9.88 Å². The molecule has 20 heavy (non-hydrogen) atoms. The third-order valence-corrected chi connectivity index (χ3v) is 3.82. The monoisotopic (exact) mass is 292 g/mol. The Morgan fingerprint density at radius 3 is 2.45 bits per heavy atom. The number of nitrogens with zero attached hydrogens (tertiary/aromatic N) is 2. The molecule has 1 aromatic heterocycles. The Kier molecular flexibility index (Phi) is 3.33. The van der Waals surface area contributed by atoms with Crippen LogP contribution in [0.25, 0.3) is 10.8 Å². The predicted octanol–water partition coefficient (Wildman–Crippen LogP) is 1.07. The Morgan fingerprint density at radius 2 is 1.80 bits per heavy atom. The second-order valence-electron chi connectivity index (χ2n) is 4.85. The first-order valence-electron chi connectivity index (χ1n) is 6.26. The van der Waals surface area contributed by atoms with Crippen LogP contribution in [0.2, 0.25) is 5.15 Å². The largest absolute Gasteiger partial charge is 0.388 e. The highest BCUT2D eigenvalue weighted by Gasteiger charge is 2.33. The summed E-state index contributed by atoms with van der Waals surface area (Å²) >= 11 is 6.02. The maximum atomic E-state index is 12.5. The second-order valence-corrected chi connectivity index (χ2v) is 5.21. The van der Waals surface area contributed by atoms with E-state index in [1.165, 1.54) is 11.1 Å². The summed E-state index contributed by atoms with van der Waals surface area (Å²) in [5, 5.41) is 20.9. The number of aliphatic hydroxyl groups excluding tert-OH is 2. The number of benzene rings is 1. The van der Waals surface area contributed by atoms with E-state index in [1.54, 1.807) is 12.1 Å². The highest BCUT2D eigenvalue weighted by molar-refractivity contribution is 6.34. The minimum Gasteiger partial charge on any atom is -0.388 e. The molecule has 3 rings (SSSR count). The molecule has 2 N–H and O–H groups in total. The number of aromatic nitrogens is 1. The molecule has 1 fully saturated rings. The second kappa shape index (κ2) is 5.01. The van der Waals surface area contributed by atoms with Gasteiger partial charge in [0.1, 0.15) is 5.15 Å². The van der Waals surface area contributed by atoms with Crippen LogP contribution in [-0.2, 0) is 0 Å². The van der Waals surface area contributed by atoms with E-state index < -0.39 is 12.2 Å². The van der Waals surface area contributed by atoms with Gasteiger partial charge in [-0.1, -0.05) is 35.9 Å². The van der Waals surface area contributed by atoms with E-state index >= 15 is 0 Å². The molecule has 1 saturated heterocycles. The molecule has 104 valence electrons. The summed E-state index contributed by atoms with van der Waals surface area (Å²) in [6, 6.07) is 7.25. The summed E-state index contributed by atoms with van der Waals surface area (Å²) in [6.45, 7) is 0.244. The molecule has 0 aliphatic carbocycles. The molecule has 0 saturated carbocycles. The van der Waals surface area contributed by atoms with E-state index in [4.69, 9.17) is 11.6 Å². The van der Waals surface area contributed by atoms with Crippen molar-refractivity contribution in [2.24, 2.45) is 0 Å². The van der Waals surface area contributed by atoms with Gasteiger partial charge in [0.25, 0.3) is 5.91 Å². The minimum absolute atomic E-state index is 0.122. The Bertz CT molecular complexity index is 667. The van der Waals surface area contributed by atoms with Gasteiger partial charge >= 0.3 is 0 Å². The molecule has 5 nitrogen and oxygen atoms in total. The third-order valence-electron chi connectivity index (χ3n) is 3.52. The number of aliphatic hydroxyl groups is 2. The van der Waals surface area contributed by atoms with Gasteiger partial charge in [-0.2, -0.15) is 0 Å². The zero-order valence-corrected chi connectivity index (χ0v) is 11.3. The number of carbonyl (C=O) groups is 1. The molecule has 0 spiro atoms. The standard InChI is InChI=1S/C14H13ClN2O3/c15-13-9-4-2-1-3-8(9)10(5-16-13)14(20)17-6-11(18)12(19)7-17/h1-5,11-12,18-19H,6-7H2/t11-,12+. The molecular weight excluding hydrogens is 280 g/mol. The number of halogens is 1. The molecule has 1 aliphatic rings. The number of hydrogen-bond acceptors (Lipinski definition) is 4. The number of carbonyl (C=O) groups excluding carboxylic acids is 1. The molecule has 1 aliphatic heterocycles. The first kappa shape index (κ1) is 13.3. The van der Waals surface area contributed by atoms with Crippen LogP contribution in [0.1, 0.15) is 10.4 Å². The van der Waals surface area contributed by atoms with E-state index in [9.17, 15) is 15.0 Å². The molecular formula is C14H13ClN2O3. The summed E-state index contributed by atoms with van der Waals surface area (Å²) in [5.41, 5.74) is 0.423. The van der Waals surface area contributed by atoms with Crippen molar-refractivity contribution in [2.45, 2.75) is 12.2 Å². The first-order chi connectivity index (χ1) is 9.58. The van der Waals surface area contributed by atoms with E-state index in [1.807, 2.05) is 12.1 Å². The number of pyridine rings is 1. The highest BCUT2D eigenvalue weighted by atomic mass is 35.5. The van der Waals surface area contributed by atoms with Crippen LogP contribution in [0.15, 0.2) is 30.5 Å². The topological polar surface area (TPSA) is 73.7 Å². The lowest BCUT2D eigenvalue weighted by atomic mass is 10.1. The Labute approximate surface area is 120 Å². The van der Waals surface area contributed by atoms with Crippen LogP contribution in [0.4, 0.5) is 0 Å². The molecule has 2 atom stereocenters. The summed E-state index contributed by atoms with van der Waals surface area (Å²) in [6.07, 6.45) is -0.361. The number of hydrogen-bond donors (Lipinski definition) is 2. The summed E-state index contributed by atoms with van der Waals surface area (Å²) < 4.78 is 0. The van der Waals surface area contributed by atoms with E-state index in [-0.39, 0.29) is 19.0 Å². The van der Waals surface area contributed by atoms with Crippen LogP contribution >= 0.6 is 11.6 Å². The average Bonchev–Trinajstić information content (AvgIpc) is 2.79. The third kappa shape index (κ3) is 2.14. The van der Waals surface area contributed by atoms with Gasteiger partial charge in [-0.3, -0.25) is 4.79 Å². The number of likely N-dealkylation sites (tertiary alicyclic amines) is 1. The van der Waals surface area contributed by atoms with E-state index in [0.717, 1.165) is 0 Å². The molecule has 6 heteroatoms. The number of β-amino-alcohol motifs (C(OH)–C–C–N with tert-alkyl or cyclic N) is 2. The van der Waals surface area contributed by atoms with Crippen LogP contribution < -0.4 is 0 Å². The van der Waals surface area contributed by atoms with Crippen molar-refractivity contribution >= 4 is 28.3 Å². The highest BCUT2D eigenvalue weighted by Crippen LogP contribution is 2.26. The minimum atomic E-state index is -0.898. The lowest BCUT2D eigenvalue weighted by molar-refractivity contribution is 0.0572. The van der Waals surface area contributed by atoms with Crippen molar-refractivity contribution < 1.29 is 15.0 Å². The quantitative estimate of drug-likeness (QED) is 0.771. The van der Waals surface area contributed by atoms with Gasteiger partial charge in [-0.15, -0.1) is 0 Å². The van der Waals surface area contributed by atoms with Gasteiger partial charge in [0.05, 0.1) is 17.8 Å². The zero-order chi connectivity index (χ0) is 14.3. The number of fused-ring (bicyclic) bond motifs is 1. The summed E-state index contributed by atoms with van der Waals surface area (Å²) in [4.78, 5) is 17.9.